The lowest BCUT2D eigenvalue weighted by molar-refractivity contribution is -0.141. The zero-order valence-corrected chi connectivity index (χ0v) is 10.4. The van der Waals surface area contributed by atoms with Crippen LogP contribution in [0.3, 0.4) is 0 Å². The number of carbonyl (C=O) groups is 2. The second-order valence-electron chi connectivity index (χ2n) is 4.34. The van der Waals surface area contributed by atoms with Crippen LogP contribution in [0, 0.1) is 5.92 Å². The largest absolute Gasteiger partial charge is 0.481 e. The van der Waals surface area contributed by atoms with Gasteiger partial charge in [0.25, 0.3) is 0 Å². The molecule has 0 spiro atoms. The lowest BCUT2D eigenvalue weighted by atomic mass is 10.0. The molecule has 0 rings (SSSR count). The van der Waals surface area contributed by atoms with Crippen molar-refractivity contribution < 1.29 is 14.7 Å². The molecule has 2 unspecified atom stereocenters. The van der Waals surface area contributed by atoms with Gasteiger partial charge >= 0.3 is 5.97 Å². The summed E-state index contributed by atoms with van der Waals surface area (Å²) in [5.41, 5.74) is 5.77. The number of nitrogens with two attached hydrogens (primary N) is 1. The van der Waals surface area contributed by atoms with Crippen LogP contribution >= 0.6 is 0 Å². The van der Waals surface area contributed by atoms with Crippen molar-refractivity contribution in [3.8, 4) is 0 Å². The van der Waals surface area contributed by atoms with Crippen LogP contribution in [-0.2, 0) is 9.59 Å². The minimum atomic E-state index is -0.906. The highest BCUT2D eigenvalue weighted by Gasteiger charge is 2.26. The maximum Gasteiger partial charge on any atom is 0.305 e. The molecule has 0 bridgehead atoms. The van der Waals surface area contributed by atoms with E-state index in [0.29, 0.717) is 6.54 Å². The summed E-state index contributed by atoms with van der Waals surface area (Å²) in [7, 11) is 0. The number of carboxylic acids is 1. The molecule has 1 amide bonds. The van der Waals surface area contributed by atoms with Crippen LogP contribution in [-0.4, -0.2) is 40.5 Å². The molecule has 0 heterocycles. The molecule has 94 valence electrons. The molecule has 0 aliphatic carbocycles. The van der Waals surface area contributed by atoms with E-state index in [1.807, 2.05) is 20.8 Å². The summed E-state index contributed by atoms with van der Waals surface area (Å²) in [5.74, 6) is -1.03. The molecule has 0 saturated heterocycles. The highest BCUT2D eigenvalue weighted by molar-refractivity contribution is 5.82. The summed E-state index contributed by atoms with van der Waals surface area (Å²) >= 11 is 0. The van der Waals surface area contributed by atoms with Crippen LogP contribution in [0.15, 0.2) is 0 Å². The number of rotatable bonds is 6. The van der Waals surface area contributed by atoms with Crippen molar-refractivity contribution in [3.63, 3.8) is 0 Å². The van der Waals surface area contributed by atoms with Gasteiger partial charge in [-0.1, -0.05) is 13.8 Å². The quantitative estimate of drug-likeness (QED) is 0.703. The number of aliphatic carboxylic acids is 1. The average molecular weight is 230 g/mol. The first-order valence-corrected chi connectivity index (χ1v) is 5.59. The molecular weight excluding hydrogens is 208 g/mol. The molecule has 0 aliphatic heterocycles. The van der Waals surface area contributed by atoms with Gasteiger partial charge in [0.15, 0.2) is 0 Å². The van der Waals surface area contributed by atoms with E-state index >= 15 is 0 Å². The predicted molar refractivity (Wildman–Crippen MR) is 61.9 cm³/mol. The van der Waals surface area contributed by atoms with Crippen LogP contribution in [0.5, 0.6) is 0 Å². The Bertz CT molecular complexity index is 254. The van der Waals surface area contributed by atoms with Gasteiger partial charge in [-0.3, -0.25) is 9.59 Å². The maximum absolute atomic E-state index is 11.9. The fourth-order valence-electron chi connectivity index (χ4n) is 1.52. The Morgan fingerprint density at radius 3 is 2.12 bits per heavy atom. The maximum atomic E-state index is 11.9. The summed E-state index contributed by atoms with van der Waals surface area (Å²) < 4.78 is 0. The van der Waals surface area contributed by atoms with Gasteiger partial charge in [0.1, 0.15) is 0 Å². The first kappa shape index (κ1) is 14.9. The first-order valence-electron chi connectivity index (χ1n) is 5.59. The van der Waals surface area contributed by atoms with Crippen LogP contribution in [0.2, 0.25) is 0 Å². The molecule has 0 aromatic rings. The van der Waals surface area contributed by atoms with E-state index in [1.54, 1.807) is 6.92 Å². The van der Waals surface area contributed by atoms with Gasteiger partial charge in [-0.2, -0.15) is 0 Å². The smallest absolute Gasteiger partial charge is 0.305 e. The van der Waals surface area contributed by atoms with E-state index in [2.05, 4.69) is 0 Å². The van der Waals surface area contributed by atoms with E-state index in [4.69, 9.17) is 10.8 Å². The molecular formula is C11H22N2O3. The molecule has 0 fully saturated rings. The van der Waals surface area contributed by atoms with Gasteiger partial charge in [-0.25, -0.2) is 0 Å². The van der Waals surface area contributed by atoms with E-state index in [0.717, 1.165) is 0 Å². The fourth-order valence-corrected chi connectivity index (χ4v) is 1.52. The highest BCUT2D eigenvalue weighted by Crippen LogP contribution is 2.09. The minimum Gasteiger partial charge on any atom is -0.481 e. The lowest BCUT2D eigenvalue weighted by Gasteiger charge is -2.30. The monoisotopic (exact) mass is 230 g/mol. The third-order valence-corrected chi connectivity index (χ3v) is 2.63. The first-order chi connectivity index (χ1) is 7.31. The molecule has 0 saturated carbocycles. The molecule has 3 N–H and O–H groups in total. The van der Waals surface area contributed by atoms with Gasteiger partial charge in [0.05, 0.1) is 12.5 Å². The third kappa shape index (κ3) is 4.18. The Labute approximate surface area is 96.6 Å². The second kappa shape index (κ2) is 6.48. The third-order valence-electron chi connectivity index (χ3n) is 2.63. The van der Waals surface area contributed by atoms with Gasteiger partial charge in [-0.15, -0.1) is 0 Å². The summed E-state index contributed by atoms with van der Waals surface area (Å²) in [5, 5.41) is 8.69. The van der Waals surface area contributed by atoms with Gasteiger partial charge in [-0.05, 0) is 19.8 Å². The van der Waals surface area contributed by atoms with Crippen molar-refractivity contribution >= 4 is 11.9 Å². The van der Waals surface area contributed by atoms with Crippen molar-refractivity contribution in [1.29, 1.82) is 0 Å². The van der Waals surface area contributed by atoms with E-state index in [-0.39, 0.29) is 24.3 Å². The van der Waals surface area contributed by atoms with Crippen molar-refractivity contribution in [3.05, 3.63) is 0 Å². The summed E-state index contributed by atoms with van der Waals surface area (Å²) in [4.78, 5) is 24.1. The van der Waals surface area contributed by atoms with E-state index in [9.17, 15) is 9.59 Å². The van der Waals surface area contributed by atoms with Crippen LogP contribution in [0.1, 0.15) is 34.1 Å². The number of amides is 1. The minimum absolute atomic E-state index is 0.0512. The van der Waals surface area contributed by atoms with Crippen molar-refractivity contribution in [2.75, 3.05) is 6.54 Å². The van der Waals surface area contributed by atoms with Gasteiger partial charge in [0, 0.05) is 12.6 Å². The topological polar surface area (TPSA) is 83.6 Å². The SMILES string of the molecule is CCN(C(=O)C(N)C(C)C)C(C)CC(=O)O. The summed E-state index contributed by atoms with van der Waals surface area (Å²) in [6, 6.07) is -0.879. The zero-order chi connectivity index (χ0) is 12.9. The van der Waals surface area contributed by atoms with E-state index in [1.165, 1.54) is 4.90 Å². The molecule has 5 heteroatoms. The molecule has 0 radical (unpaired) electrons. The normalized spacial score (nSPS) is 14.6. The molecule has 0 aromatic carbocycles. The molecule has 2 atom stereocenters. The van der Waals surface area contributed by atoms with Crippen LogP contribution < -0.4 is 5.73 Å². The number of carbonyl (C=O) groups excluding carboxylic acids is 1. The highest BCUT2D eigenvalue weighted by atomic mass is 16.4. The summed E-state index contributed by atoms with van der Waals surface area (Å²) in [6.45, 7) is 7.77. The van der Waals surface area contributed by atoms with Crippen LogP contribution in [0.4, 0.5) is 0 Å². The number of nitrogens with zero attached hydrogens (tertiary/aromatic N) is 1. The number of likely N-dealkylation sites (N-methyl/N-ethyl adjacent to an activating group) is 1. The van der Waals surface area contributed by atoms with Crippen molar-refractivity contribution in [2.45, 2.75) is 46.2 Å². The predicted octanol–water partition coefficient (Wildman–Crippen LogP) is 0.681. The Morgan fingerprint density at radius 2 is 1.81 bits per heavy atom. The zero-order valence-electron chi connectivity index (χ0n) is 10.4. The summed E-state index contributed by atoms with van der Waals surface area (Å²) in [6.07, 6.45) is -0.0512. The second-order valence-corrected chi connectivity index (χ2v) is 4.34. The Kier molecular flexibility index (Phi) is 6.03. The molecule has 5 nitrogen and oxygen atoms in total. The number of hydrogen-bond acceptors (Lipinski definition) is 3. The number of carboxylic acid groups (broad SMARTS) is 1. The molecule has 0 aromatic heterocycles. The molecule has 16 heavy (non-hydrogen) atoms. The van der Waals surface area contributed by atoms with Gasteiger partial charge in [0.2, 0.25) is 5.91 Å². The molecule has 0 aliphatic rings. The average Bonchev–Trinajstić information content (AvgIpc) is 2.16. The standard InChI is InChI=1S/C11H22N2O3/c1-5-13(8(4)6-9(14)15)11(16)10(12)7(2)3/h7-8,10H,5-6,12H2,1-4H3,(H,14,15). The Hall–Kier alpha value is -1.10. The van der Waals surface area contributed by atoms with Crippen molar-refractivity contribution in [1.82, 2.24) is 4.90 Å². The van der Waals surface area contributed by atoms with Crippen LogP contribution in [0.25, 0.3) is 0 Å². The van der Waals surface area contributed by atoms with Crippen molar-refractivity contribution in [2.24, 2.45) is 11.7 Å². The van der Waals surface area contributed by atoms with Gasteiger partial charge < -0.3 is 15.7 Å². The Morgan fingerprint density at radius 1 is 1.31 bits per heavy atom. The van der Waals surface area contributed by atoms with E-state index < -0.39 is 12.0 Å². The number of hydrogen-bond donors (Lipinski definition) is 2. The lowest BCUT2D eigenvalue weighted by Crippen LogP contribution is -2.50. The Balaban J connectivity index is 4.59. The fraction of sp³-hybridized carbons (Fsp3) is 0.818.